The molecule has 0 spiro atoms. The predicted molar refractivity (Wildman–Crippen MR) is 126 cm³/mol. The summed E-state index contributed by atoms with van der Waals surface area (Å²) in [4.78, 5) is 24.3. The predicted octanol–water partition coefficient (Wildman–Crippen LogP) is 7.77. The van der Waals surface area contributed by atoms with Gasteiger partial charge in [-0.2, -0.15) is 0 Å². The second kappa shape index (κ2) is 18.7. The highest BCUT2D eigenvalue weighted by molar-refractivity contribution is 5.72. The molecule has 0 saturated heterocycles. The molecule has 1 atom stereocenters. The van der Waals surface area contributed by atoms with Crippen LogP contribution in [0.2, 0.25) is 0 Å². The van der Waals surface area contributed by atoms with Crippen LogP contribution in [0, 0.1) is 5.92 Å². The number of esters is 2. The van der Waals surface area contributed by atoms with Gasteiger partial charge in [0.25, 0.3) is 0 Å². The number of unbranched alkanes of at least 4 members (excludes halogenated alkanes) is 10. The maximum atomic E-state index is 12.6. The SMILES string of the molecule is CCCCCCCCC(CCCCCC)C(=O)OCCCCCC(=O)OC(C)(C)C. The molecule has 0 aliphatic carbocycles. The Kier molecular flexibility index (Phi) is 18.0. The van der Waals surface area contributed by atoms with Gasteiger partial charge >= 0.3 is 11.9 Å². The normalized spacial score (nSPS) is 12.6. The van der Waals surface area contributed by atoms with E-state index in [0.29, 0.717) is 13.0 Å². The molecule has 1 unspecified atom stereocenters. The van der Waals surface area contributed by atoms with Crippen LogP contribution in [0.15, 0.2) is 0 Å². The molecule has 30 heavy (non-hydrogen) atoms. The first kappa shape index (κ1) is 28.9. The summed E-state index contributed by atoms with van der Waals surface area (Å²) in [6.45, 7) is 10.6. The molecule has 0 radical (unpaired) electrons. The summed E-state index contributed by atoms with van der Waals surface area (Å²) < 4.78 is 10.9. The summed E-state index contributed by atoms with van der Waals surface area (Å²) in [5.41, 5.74) is -0.422. The van der Waals surface area contributed by atoms with Gasteiger partial charge in [-0.15, -0.1) is 0 Å². The highest BCUT2D eigenvalue weighted by Crippen LogP contribution is 2.20. The van der Waals surface area contributed by atoms with E-state index in [4.69, 9.17) is 9.47 Å². The summed E-state index contributed by atoms with van der Waals surface area (Å²) >= 11 is 0. The topological polar surface area (TPSA) is 52.6 Å². The second-order valence-corrected chi connectivity index (χ2v) is 9.67. The molecule has 0 heterocycles. The molecule has 0 aromatic carbocycles. The van der Waals surface area contributed by atoms with Gasteiger partial charge in [0.1, 0.15) is 5.60 Å². The Hall–Kier alpha value is -1.06. The van der Waals surface area contributed by atoms with Crippen molar-refractivity contribution >= 4 is 11.9 Å². The van der Waals surface area contributed by atoms with Crippen LogP contribution in [-0.4, -0.2) is 24.1 Å². The number of carbonyl (C=O) groups excluding carboxylic acids is 2. The summed E-state index contributed by atoms with van der Waals surface area (Å²) in [6, 6.07) is 0. The second-order valence-electron chi connectivity index (χ2n) is 9.67. The maximum absolute atomic E-state index is 12.6. The molecule has 0 aliphatic rings. The van der Waals surface area contributed by atoms with E-state index < -0.39 is 5.60 Å². The number of hydrogen-bond acceptors (Lipinski definition) is 4. The third kappa shape index (κ3) is 18.9. The monoisotopic (exact) mass is 426 g/mol. The lowest BCUT2D eigenvalue weighted by Crippen LogP contribution is -2.23. The lowest BCUT2D eigenvalue weighted by molar-refractivity contribution is -0.155. The van der Waals surface area contributed by atoms with Crippen molar-refractivity contribution in [1.29, 1.82) is 0 Å². The summed E-state index contributed by atoms with van der Waals surface area (Å²) in [6.07, 6.45) is 17.2. The van der Waals surface area contributed by atoms with Crippen molar-refractivity contribution in [3.05, 3.63) is 0 Å². The molecule has 178 valence electrons. The summed E-state index contributed by atoms with van der Waals surface area (Å²) in [5, 5.41) is 0. The molecule has 0 aromatic heterocycles. The van der Waals surface area contributed by atoms with Crippen molar-refractivity contribution in [3.63, 3.8) is 0 Å². The molecule has 0 aromatic rings. The van der Waals surface area contributed by atoms with Crippen molar-refractivity contribution < 1.29 is 19.1 Å². The Bertz CT molecular complexity index is 425. The van der Waals surface area contributed by atoms with Gasteiger partial charge in [0.15, 0.2) is 0 Å². The maximum Gasteiger partial charge on any atom is 0.308 e. The van der Waals surface area contributed by atoms with E-state index in [2.05, 4.69) is 13.8 Å². The average Bonchev–Trinajstić information content (AvgIpc) is 2.67. The molecule has 0 N–H and O–H groups in total. The molecule has 0 amide bonds. The fourth-order valence-corrected chi connectivity index (χ4v) is 3.60. The van der Waals surface area contributed by atoms with E-state index in [9.17, 15) is 9.59 Å². The van der Waals surface area contributed by atoms with Gasteiger partial charge in [-0.25, -0.2) is 0 Å². The molecule has 4 heteroatoms. The van der Waals surface area contributed by atoms with Crippen molar-refractivity contribution in [2.24, 2.45) is 5.92 Å². The first-order chi connectivity index (χ1) is 14.3. The molecular formula is C26H50O4. The first-order valence-corrected chi connectivity index (χ1v) is 12.7. The summed E-state index contributed by atoms with van der Waals surface area (Å²) in [7, 11) is 0. The van der Waals surface area contributed by atoms with Crippen LogP contribution in [0.3, 0.4) is 0 Å². The quantitative estimate of drug-likeness (QED) is 0.156. The molecule has 4 nitrogen and oxygen atoms in total. The average molecular weight is 427 g/mol. The molecular weight excluding hydrogens is 376 g/mol. The van der Waals surface area contributed by atoms with E-state index in [0.717, 1.165) is 44.9 Å². The third-order valence-electron chi connectivity index (χ3n) is 5.34. The minimum Gasteiger partial charge on any atom is -0.465 e. The smallest absolute Gasteiger partial charge is 0.308 e. The van der Waals surface area contributed by atoms with Crippen LogP contribution < -0.4 is 0 Å². The zero-order valence-electron chi connectivity index (χ0n) is 20.7. The fourth-order valence-electron chi connectivity index (χ4n) is 3.60. The Balaban J connectivity index is 4.06. The van der Waals surface area contributed by atoms with Crippen molar-refractivity contribution in [1.82, 2.24) is 0 Å². The van der Waals surface area contributed by atoms with E-state index in [1.54, 1.807) is 0 Å². The number of hydrogen-bond donors (Lipinski definition) is 0. The lowest BCUT2D eigenvalue weighted by Gasteiger charge is -2.19. The molecule has 0 fully saturated rings. The largest absolute Gasteiger partial charge is 0.465 e. The van der Waals surface area contributed by atoms with Crippen LogP contribution in [0.25, 0.3) is 0 Å². The zero-order valence-corrected chi connectivity index (χ0v) is 20.7. The highest BCUT2D eigenvalue weighted by Gasteiger charge is 2.19. The van der Waals surface area contributed by atoms with Gasteiger partial charge in [0, 0.05) is 6.42 Å². The van der Waals surface area contributed by atoms with Crippen molar-refractivity contribution in [3.8, 4) is 0 Å². The minimum absolute atomic E-state index is 0.00722. The minimum atomic E-state index is -0.422. The van der Waals surface area contributed by atoms with Gasteiger partial charge in [-0.3, -0.25) is 9.59 Å². The Morgan fingerprint density at radius 1 is 0.700 bits per heavy atom. The molecule has 0 saturated carbocycles. The Labute approximate surface area is 186 Å². The number of rotatable bonds is 19. The van der Waals surface area contributed by atoms with Gasteiger partial charge in [0.2, 0.25) is 0 Å². The van der Waals surface area contributed by atoms with Crippen LogP contribution in [0.1, 0.15) is 137 Å². The van der Waals surface area contributed by atoms with Crippen molar-refractivity contribution in [2.75, 3.05) is 6.61 Å². The van der Waals surface area contributed by atoms with Gasteiger partial charge in [-0.05, 0) is 52.9 Å². The van der Waals surface area contributed by atoms with Gasteiger partial charge < -0.3 is 9.47 Å². The van der Waals surface area contributed by atoms with Crippen LogP contribution in [0.5, 0.6) is 0 Å². The third-order valence-corrected chi connectivity index (χ3v) is 5.34. The summed E-state index contributed by atoms with van der Waals surface area (Å²) in [5.74, 6) is -0.0902. The molecule has 0 rings (SSSR count). The fraction of sp³-hybridized carbons (Fsp3) is 0.923. The number of carbonyl (C=O) groups is 2. The van der Waals surface area contributed by atoms with Gasteiger partial charge in [-0.1, -0.05) is 78.1 Å². The van der Waals surface area contributed by atoms with Crippen molar-refractivity contribution in [2.45, 2.75) is 143 Å². The number of ether oxygens (including phenoxy) is 2. The van der Waals surface area contributed by atoms with E-state index >= 15 is 0 Å². The molecule has 0 aliphatic heterocycles. The van der Waals surface area contributed by atoms with Gasteiger partial charge in [0.05, 0.1) is 12.5 Å². The van der Waals surface area contributed by atoms with E-state index in [1.165, 1.54) is 51.4 Å². The van der Waals surface area contributed by atoms with E-state index in [-0.39, 0.29) is 17.9 Å². The lowest BCUT2D eigenvalue weighted by atomic mass is 9.94. The first-order valence-electron chi connectivity index (χ1n) is 12.7. The molecule has 0 bridgehead atoms. The zero-order chi connectivity index (χ0) is 22.7. The Morgan fingerprint density at radius 3 is 1.77 bits per heavy atom. The van der Waals surface area contributed by atoms with E-state index in [1.807, 2.05) is 20.8 Å². The van der Waals surface area contributed by atoms with Crippen LogP contribution in [-0.2, 0) is 19.1 Å². The standard InChI is InChI=1S/C26H50O4/c1-6-8-10-12-13-16-20-23(19-15-11-9-7-2)25(28)29-22-18-14-17-21-24(27)30-26(3,4)5/h23H,6-22H2,1-5H3. The Morgan fingerprint density at radius 2 is 1.20 bits per heavy atom. The van der Waals surface area contributed by atoms with Crippen LogP contribution >= 0.6 is 0 Å². The highest BCUT2D eigenvalue weighted by atomic mass is 16.6. The van der Waals surface area contributed by atoms with Crippen LogP contribution in [0.4, 0.5) is 0 Å².